The molecule has 0 saturated carbocycles. The Hall–Kier alpha value is -2.68. The topological polar surface area (TPSA) is 76.3 Å². The third-order valence-electron chi connectivity index (χ3n) is 5.67. The van der Waals surface area contributed by atoms with E-state index in [1.54, 1.807) is 28.6 Å². The van der Waals surface area contributed by atoms with Crippen LogP contribution in [0.2, 0.25) is 0 Å². The summed E-state index contributed by atoms with van der Waals surface area (Å²) in [6.07, 6.45) is 2.88. The Morgan fingerprint density at radius 2 is 1.69 bits per heavy atom. The van der Waals surface area contributed by atoms with Gasteiger partial charge in [0.2, 0.25) is 15.9 Å². The largest absolute Gasteiger partial charge is 0.411 e. The molecular formula is C24H23N3O3S2. The minimum Gasteiger partial charge on any atom is -0.411 e. The van der Waals surface area contributed by atoms with Crippen LogP contribution in [0.5, 0.6) is 0 Å². The van der Waals surface area contributed by atoms with Crippen molar-refractivity contribution in [1.29, 1.82) is 0 Å². The van der Waals surface area contributed by atoms with Crippen LogP contribution in [0.4, 0.5) is 0 Å². The fraction of sp³-hybridized carbons (Fsp3) is 0.250. The number of rotatable bonds is 6. The minimum atomic E-state index is -3.51. The highest BCUT2D eigenvalue weighted by molar-refractivity contribution is 7.98. The molecule has 1 aliphatic rings. The third-order valence-corrected chi connectivity index (χ3v) is 8.43. The molecule has 32 heavy (non-hydrogen) atoms. The van der Waals surface area contributed by atoms with E-state index in [4.69, 9.17) is 4.42 Å². The molecule has 4 aromatic rings. The number of benzene rings is 3. The van der Waals surface area contributed by atoms with Crippen molar-refractivity contribution in [3.63, 3.8) is 0 Å². The maximum absolute atomic E-state index is 13.0. The van der Waals surface area contributed by atoms with Crippen molar-refractivity contribution in [3.05, 3.63) is 72.3 Å². The number of nitrogens with zero attached hydrogens (tertiary/aromatic N) is 3. The van der Waals surface area contributed by atoms with Gasteiger partial charge in [-0.05, 0) is 47.4 Å². The maximum Gasteiger partial charge on any atom is 0.277 e. The van der Waals surface area contributed by atoms with Crippen LogP contribution in [0, 0.1) is 0 Å². The van der Waals surface area contributed by atoms with Gasteiger partial charge in [-0.3, -0.25) is 0 Å². The SMILES string of the molecule is O=S(=O)(c1cccc(-c2nnc(SCc3cccc4ccccc34)o2)c1)N1CCCCC1. The van der Waals surface area contributed by atoms with E-state index in [1.807, 2.05) is 18.2 Å². The van der Waals surface area contributed by atoms with Gasteiger partial charge in [-0.1, -0.05) is 66.7 Å². The van der Waals surface area contributed by atoms with E-state index in [0.717, 1.165) is 19.3 Å². The Labute approximate surface area is 191 Å². The molecule has 0 bridgehead atoms. The molecule has 6 nitrogen and oxygen atoms in total. The first-order valence-corrected chi connectivity index (χ1v) is 13.1. The fourth-order valence-corrected chi connectivity index (χ4v) is 6.32. The van der Waals surface area contributed by atoms with Gasteiger partial charge in [-0.15, -0.1) is 10.2 Å². The molecule has 0 unspecified atom stereocenters. The van der Waals surface area contributed by atoms with Gasteiger partial charge in [0.25, 0.3) is 5.22 Å². The maximum atomic E-state index is 13.0. The summed E-state index contributed by atoms with van der Waals surface area (Å²) in [7, 11) is -3.51. The van der Waals surface area contributed by atoms with Crippen molar-refractivity contribution in [1.82, 2.24) is 14.5 Å². The van der Waals surface area contributed by atoms with Crippen molar-refractivity contribution >= 4 is 32.6 Å². The smallest absolute Gasteiger partial charge is 0.277 e. The molecule has 1 aliphatic heterocycles. The van der Waals surface area contributed by atoms with Crippen LogP contribution in [0.25, 0.3) is 22.2 Å². The highest BCUT2D eigenvalue weighted by Gasteiger charge is 2.26. The summed E-state index contributed by atoms with van der Waals surface area (Å²) >= 11 is 1.47. The molecule has 0 amide bonds. The Bertz CT molecular complexity index is 1340. The van der Waals surface area contributed by atoms with Crippen molar-refractivity contribution in [2.24, 2.45) is 0 Å². The lowest BCUT2D eigenvalue weighted by atomic mass is 10.1. The first-order valence-electron chi connectivity index (χ1n) is 10.6. The average Bonchev–Trinajstić information content (AvgIpc) is 3.32. The van der Waals surface area contributed by atoms with Crippen LogP contribution >= 0.6 is 11.8 Å². The molecule has 164 valence electrons. The van der Waals surface area contributed by atoms with Crippen molar-refractivity contribution < 1.29 is 12.8 Å². The van der Waals surface area contributed by atoms with Gasteiger partial charge in [0.15, 0.2) is 0 Å². The van der Waals surface area contributed by atoms with Crippen LogP contribution in [-0.2, 0) is 15.8 Å². The summed E-state index contributed by atoms with van der Waals surface area (Å²) < 4.78 is 33.4. The number of piperidine rings is 1. The molecule has 0 atom stereocenters. The fourth-order valence-electron chi connectivity index (χ4n) is 3.99. The lowest BCUT2D eigenvalue weighted by Gasteiger charge is -2.25. The second kappa shape index (κ2) is 9.05. The summed E-state index contributed by atoms with van der Waals surface area (Å²) in [5, 5.41) is 11.2. The van der Waals surface area contributed by atoms with Gasteiger partial charge in [0, 0.05) is 24.4 Å². The van der Waals surface area contributed by atoms with E-state index in [-0.39, 0.29) is 4.90 Å². The molecule has 5 rings (SSSR count). The highest BCUT2D eigenvalue weighted by atomic mass is 32.2. The zero-order valence-corrected chi connectivity index (χ0v) is 19.1. The van der Waals surface area contributed by atoms with E-state index < -0.39 is 10.0 Å². The Morgan fingerprint density at radius 3 is 2.56 bits per heavy atom. The second-order valence-corrected chi connectivity index (χ2v) is 10.7. The third kappa shape index (κ3) is 4.30. The molecule has 8 heteroatoms. The second-order valence-electron chi connectivity index (χ2n) is 7.79. The zero-order valence-electron chi connectivity index (χ0n) is 17.5. The quantitative estimate of drug-likeness (QED) is 0.357. The molecule has 1 saturated heterocycles. The molecule has 2 heterocycles. The molecule has 1 fully saturated rings. The first kappa shape index (κ1) is 21.2. The van der Waals surface area contributed by atoms with Gasteiger partial charge in [0.05, 0.1) is 4.90 Å². The molecule has 0 spiro atoms. The zero-order chi connectivity index (χ0) is 22.0. The van der Waals surface area contributed by atoms with Crippen LogP contribution in [-0.4, -0.2) is 36.0 Å². The Morgan fingerprint density at radius 1 is 0.906 bits per heavy atom. The van der Waals surface area contributed by atoms with Gasteiger partial charge >= 0.3 is 0 Å². The van der Waals surface area contributed by atoms with Crippen molar-refractivity contribution in [2.75, 3.05) is 13.1 Å². The normalized spacial score (nSPS) is 15.2. The summed E-state index contributed by atoms with van der Waals surface area (Å²) in [6, 6.07) is 21.3. The van der Waals surface area contributed by atoms with Gasteiger partial charge in [-0.2, -0.15) is 4.31 Å². The van der Waals surface area contributed by atoms with Crippen LogP contribution in [0.3, 0.4) is 0 Å². The molecule has 0 radical (unpaired) electrons. The molecule has 1 aromatic heterocycles. The average molecular weight is 466 g/mol. The number of thioether (sulfide) groups is 1. The number of sulfonamides is 1. The molecular weight excluding hydrogens is 442 g/mol. The summed E-state index contributed by atoms with van der Waals surface area (Å²) in [5.41, 5.74) is 1.80. The Balaban J connectivity index is 1.34. The molecule has 0 aliphatic carbocycles. The van der Waals surface area contributed by atoms with Crippen LogP contribution in [0.15, 0.2) is 81.3 Å². The Kier molecular flexibility index (Phi) is 5.99. The van der Waals surface area contributed by atoms with Gasteiger partial charge in [0.1, 0.15) is 0 Å². The van der Waals surface area contributed by atoms with Crippen molar-refractivity contribution in [2.45, 2.75) is 35.1 Å². The predicted octanol–water partition coefficient (Wildman–Crippen LogP) is 5.36. The number of hydrogen-bond donors (Lipinski definition) is 0. The number of fused-ring (bicyclic) bond motifs is 1. The minimum absolute atomic E-state index is 0.264. The number of aromatic nitrogens is 2. The van der Waals surface area contributed by atoms with Crippen LogP contribution < -0.4 is 0 Å². The van der Waals surface area contributed by atoms with E-state index in [9.17, 15) is 8.42 Å². The summed E-state index contributed by atoms with van der Waals surface area (Å²) in [6.45, 7) is 1.14. The van der Waals surface area contributed by atoms with E-state index in [1.165, 1.54) is 28.1 Å². The van der Waals surface area contributed by atoms with Crippen LogP contribution in [0.1, 0.15) is 24.8 Å². The lowest BCUT2D eigenvalue weighted by molar-refractivity contribution is 0.346. The van der Waals surface area contributed by atoms with E-state index >= 15 is 0 Å². The van der Waals surface area contributed by atoms with Gasteiger partial charge in [-0.25, -0.2) is 8.42 Å². The molecule has 0 N–H and O–H groups in total. The first-order chi connectivity index (χ1) is 15.6. The molecule has 3 aromatic carbocycles. The van der Waals surface area contributed by atoms with Gasteiger partial charge < -0.3 is 4.42 Å². The summed E-state index contributed by atoms with van der Waals surface area (Å²) in [4.78, 5) is 0.264. The highest BCUT2D eigenvalue weighted by Crippen LogP contribution is 2.30. The predicted molar refractivity (Wildman–Crippen MR) is 126 cm³/mol. The van der Waals surface area contributed by atoms with Crippen molar-refractivity contribution in [3.8, 4) is 11.5 Å². The van der Waals surface area contributed by atoms with E-state index in [2.05, 4.69) is 34.5 Å². The van der Waals surface area contributed by atoms with E-state index in [0.29, 0.717) is 35.5 Å². The standard InChI is InChI=1S/C24H23N3O3S2/c28-32(29,27-14-4-1-5-15-27)21-12-7-10-19(16-21)23-25-26-24(30-23)31-17-20-11-6-9-18-8-2-3-13-22(18)20/h2-3,6-13,16H,1,4-5,14-15,17H2. The monoisotopic (exact) mass is 465 g/mol. The number of hydrogen-bond acceptors (Lipinski definition) is 6. The summed E-state index contributed by atoms with van der Waals surface area (Å²) in [5.74, 6) is 1.02. The lowest BCUT2D eigenvalue weighted by Crippen LogP contribution is -2.35.